The van der Waals surface area contributed by atoms with Gasteiger partial charge in [-0.05, 0) is 25.5 Å². The number of amides is 2. The van der Waals surface area contributed by atoms with Crippen molar-refractivity contribution in [2.24, 2.45) is 0 Å². The number of nitrogens with one attached hydrogen (secondary N) is 2. The van der Waals surface area contributed by atoms with Crippen LogP contribution in [0.25, 0.3) is 6.08 Å². The summed E-state index contributed by atoms with van der Waals surface area (Å²) >= 11 is 0. The van der Waals surface area contributed by atoms with Crippen LogP contribution in [0.2, 0.25) is 0 Å². The fourth-order valence-corrected chi connectivity index (χ4v) is 1.39. The molecular weight excluding hydrogens is 228 g/mol. The van der Waals surface area contributed by atoms with Crippen LogP contribution in [0.4, 0.5) is 0 Å². The highest BCUT2D eigenvalue weighted by Crippen LogP contribution is 2.00. The first-order valence-corrected chi connectivity index (χ1v) is 5.94. The summed E-state index contributed by atoms with van der Waals surface area (Å²) < 4.78 is 0. The maximum atomic E-state index is 11.6. The average molecular weight is 246 g/mol. The minimum atomic E-state index is -0.530. The molecule has 0 aliphatic carbocycles. The van der Waals surface area contributed by atoms with E-state index in [2.05, 4.69) is 10.6 Å². The van der Waals surface area contributed by atoms with E-state index in [0.29, 0.717) is 6.54 Å². The fraction of sp³-hybridized carbons (Fsp3) is 0.286. The van der Waals surface area contributed by atoms with E-state index in [1.165, 1.54) is 6.08 Å². The quantitative estimate of drug-likeness (QED) is 0.770. The summed E-state index contributed by atoms with van der Waals surface area (Å²) in [7, 11) is 0. The molecule has 0 saturated carbocycles. The Labute approximate surface area is 107 Å². The van der Waals surface area contributed by atoms with Crippen LogP contribution < -0.4 is 10.6 Å². The van der Waals surface area contributed by atoms with Gasteiger partial charge in [-0.25, -0.2) is 0 Å². The fourth-order valence-electron chi connectivity index (χ4n) is 1.39. The summed E-state index contributed by atoms with van der Waals surface area (Å²) in [5, 5.41) is 5.24. The number of hydrogen-bond donors (Lipinski definition) is 2. The second kappa shape index (κ2) is 7.27. The van der Waals surface area contributed by atoms with Gasteiger partial charge in [0.15, 0.2) is 0 Å². The van der Waals surface area contributed by atoms with Crippen LogP contribution in [0.15, 0.2) is 36.4 Å². The third-order valence-electron chi connectivity index (χ3n) is 2.33. The third-order valence-corrected chi connectivity index (χ3v) is 2.33. The third kappa shape index (κ3) is 4.82. The van der Waals surface area contributed by atoms with Crippen molar-refractivity contribution < 1.29 is 9.59 Å². The number of hydrogen-bond acceptors (Lipinski definition) is 2. The van der Waals surface area contributed by atoms with Gasteiger partial charge in [-0.3, -0.25) is 9.59 Å². The summed E-state index contributed by atoms with van der Waals surface area (Å²) in [6.07, 6.45) is 3.13. The van der Waals surface area contributed by atoms with Crippen LogP contribution in [0.1, 0.15) is 19.4 Å². The lowest BCUT2D eigenvalue weighted by atomic mass is 10.2. The predicted octanol–water partition coefficient (Wildman–Crippen LogP) is 1.34. The zero-order valence-corrected chi connectivity index (χ0v) is 10.6. The van der Waals surface area contributed by atoms with E-state index in [0.717, 1.165) is 5.56 Å². The van der Waals surface area contributed by atoms with Crippen LogP contribution in [0.5, 0.6) is 0 Å². The Hall–Kier alpha value is -2.10. The average Bonchev–Trinajstić information content (AvgIpc) is 2.38. The Morgan fingerprint density at radius 3 is 2.56 bits per heavy atom. The van der Waals surface area contributed by atoms with Crippen molar-refractivity contribution >= 4 is 17.9 Å². The standard InChI is InChI=1S/C14H18N2O2/c1-3-15-14(18)11(2)16-13(17)10-9-12-7-5-4-6-8-12/h4-11H,3H2,1-2H3,(H,15,18)(H,16,17)/b10-9+. The highest BCUT2D eigenvalue weighted by atomic mass is 16.2. The lowest BCUT2D eigenvalue weighted by Crippen LogP contribution is -2.44. The first kappa shape index (κ1) is 14.0. The molecule has 1 aromatic carbocycles. The van der Waals surface area contributed by atoms with Crippen LogP contribution >= 0.6 is 0 Å². The molecule has 0 saturated heterocycles. The minimum absolute atomic E-state index is 0.182. The Morgan fingerprint density at radius 1 is 1.28 bits per heavy atom. The van der Waals surface area contributed by atoms with Gasteiger partial charge in [-0.1, -0.05) is 30.3 Å². The summed E-state index contributed by atoms with van der Waals surface area (Å²) in [5.41, 5.74) is 0.943. The number of benzene rings is 1. The highest BCUT2D eigenvalue weighted by molar-refractivity contribution is 5.95. The van der Waals surface area contributed by atoms with Crippen LogP contribution in [0, 0.1) is 0 Å². The van der Waals surface area contributed by atoms with Crippen LogP contribution in [-0.2, 0) is 9.59 Å². The molecule has 0 spiro atoms. The largest absolute Gasteiger partial charge is 0.355 e. The summed E-state index contributed by atoms with van der Waals surface area (Å²) in [6, 6.07) is 8.98. The zero-order chi connectivity index (χ0) is 13.4. The lowest BCUT2D eigenvalue weighted by Gasteiger charge is -2.11. The molecule has 0 bridgehead atoms. The van der Waals surface area contributed by atoms with E-state index in [4.69, 9.17) is 0 Å². The number of rotatable bonds is 5. The molecular formula is C14H18N2O2. The molecule has 0 aliphatic rings. The predicted molar refractivity (Wildman–Crippen MR) is 71.8 cm³/mol. The van der Waals surface area contributed by atoms with Gasteiger partial charge in [-0.2, -0.15) is 0 Å². The van der Waals surface area contributed by atoms with E-state index in [1.54, 1.807) is 13.0 Å². The monoisotopic (exact) mass is 246 g/mol. The minimum Gasteiger partial charge on any atom is -0.355 e. The molecule has 4 nitrogen and oxygen atoms in total. The molecule has 4 heteroatoms. The molecule has 1 aromatic rings. The van der Waals surface area contributed by atoms with Gasteiger partial charge in [-0.15, -0.1) is 0 Å². The number of carbonyl (C=O) groups is 2. The van der Waals surface area contributed by atoms with Crippen molar-refractivity contribution in [2.75, 3.05) is 6.54 Å². The molecule has 1 atom stereocenters. The molecule has 96 valence electrons. The molecule has 1 rings (SSSR count). The van der Waals surface area contributed by atoms with Crippen molar-refractivity contribution in [2.45, 2.75) is 19.9 Å². The van der Waals surface area contributed by atoms with Gasteiger partial charge in [0.05, 0.1) is 0 Å². The van der Waals surface area contributed by atoms with E-state index in [1.807, 2.05) is 37.3 Å². The highest BCUT2D eigenvalue weighted by Gasteiger charge is 2.12. The molecule has 0 fully saturated rings. The molecule has 2 amide bonds. The summed E-state index contributed by atoms with van der Waals surface area (Å²) in [6.45, 7) is 4.04. The number of likely N-dealkylation sites (N-methyl/N-ethyl adjacent to an activating group) is 1. The SMILES string of the molecule is CCNC(=O)C(C)NC(=O)/C=C/c1ccccc1. The molecule has 0 heterocycles. The topological polar surface area (TPSA) is 58.2 Å². The molecule has 2 N–H and O–H groups in total. The van der Waals surface area contributed by atoms with Crippen molar-refractivity contribution in [3.8, 4) is 0 Å². The van der Waals surface area contributed by atoms with E-state index < -0.39 is 6.04 Å². The summed E-state index contributed by atoms with van der Waals surface area (Å²) in [5.74, 6) is -0.462. The Balaban J connectivity index is 2.47. The number of carbonyl (C=O) groups excluding carboxylic acids is 2. The second-order valence-corrected chi connectivity index (χ2v) is 3.87. The molecule has 18 heavy (non-hydrogen) atoms. The molecule has 0 aromatic heterocycles. The molecule has 0 aliphatic heterocycles. The van der Waals surface area contributed by atoms with E-state index in [-0.39, 0.29) is 11.8 Å². The van der Waals surface area contributed by atoms with Crippen molar-refractivity contribution in [1.82, 2.24) is 10.6 Å². The normalized spacial score (nSPS) is 12.1. The second-order valence-electron chi connectivity index (χ2n) is 3.87. The molecule has 1 unspecified atom stereocenters. The van der Waals surface area contributed by atoms with Gasteiger partial charge in [0.25, 0.3) is 0 Å². The van der Waals surface area contributed by atoms with Crippen molar-refractivity contribution in [3.05, 3.63) is 42.0 Å². The maximum Gasteiger partial charge on any atom is 0.244 e. The van der Waals surface area contributed by atoms with Gasteiger partial charge in [0.2, 0.25) is 11.8 Å². The van der Waals surface area contributed by atoms with Gasteiger partial charge in [0.1, 0.15) is 6.04 Å². The van der Waals surface area contributed by atoms with Crippen molar-refractivity contribution in [1.29, 1.82) is 0 Å². The van der Waals surface area contributed by atoms with Crippen molar-refractivity contribution in [3.63, 3.8) is 0 Å². The smallest absolute Gasteiger partial charge is 0.244 e. The Kier molecular flexibility index (Phi) is 5.64. The van der Waals surface area contributed by atoms with Gasteiger partial charge in [0, 0.05) is 12.6 Å². The van der Waals surface area contributed by atoms with E-state index in [9.17, 15) is 9.59 Å². The van der Waals surface area contributed by atoms with Crippen LogP contribution in [-0.4, -0.2) is 24.4 Å². The van der Waals surface area contributed by atoms with Gasteiger partial charge >= 0.3 is 0 Å². The first-order chi connectivity index (χ1) is 8.63. The van der Waals surface area contributed by atoms with Crippen LogP contribution in [0.3, 0.4) is 0 Å². The maximum absolute atomic E-state index is 11.6. The Morgan fingerprint density at radius 2 is 1.94 bits per heavy atom. The van der Waals surface area contributed by atoms with E-state index >= 15 is 0 Å². The summed E-state index contributed by atoms with van der Waals surface area (Å²) in [4.78, 5) is 23.0. The zero-order valence-electron chi connectivity index (χ0n) is 10.6. The van der Waals surface area contributed by atoms with Gasteiger partial charge < -0.3 is 10.6 Å². The Bertz CT molecular complexity index is 427. The lowest BCUT2D eigenvalue weighted by molar-refractivity contribution is -0.126. The molecule has 0 radical (unpaired) electrons. The first-order valence-electron chi connectivity index (χ1n) is 5.94.